The van der Waals surface area contributed by atoms with Crippen LogP contribution in [-0.2, 0) is 0 Å². The summed E-state index contributed by atoms with van der Waals surface area (Å²) >= 11 is 0. The van der Waals surface area contributed by atoms with Crippen LogP contribution in [0.15, 0.2) is 174 Å². The molecule has 0 saturated heterocycles. The highest BCUT2D eigenvalue weighted by atomic mass is 16.3. The Labute approximate surface area is 280 Å². The van der Waals surface area contributed by atoms with E-state index in [1.165, 1.54) is 0 Å². The van der Waals surface area contributed by atoms with Crippen LogP contribution in [0.5, 0.6) is 0 Å². The summed E-state index contributed by atoms with van der Waals surface area (Å²) in [5.41, 5.74) is 5.45. The summed E-state index contributed by atoms with van der Waals surface area (Å²) in [5, 5.41) is 8.26. The molecule has 1 heterocycles. The monoisotopic (exact) mass is 602 g/mol. The summed E-state index contributed by atoms with van der Waals surface area (Å²) in [6.07, 6.45) is 0. The molecular weight excluding hydrogens is 569 g/mol. The van der Waals surface area contributed by atoms with Gasteiger partial charge in [-0.25, -0.2) is 0 Å². The van der Waals surface area contributed by atoms with Crippen molar-refractivity contribution in [3.8, 4) is 33.4 Å². The van der Waals surface area contributed by atoms with Crippen LogP contribution in [0.2, 0.25) is 0 Å². The third kappa shape index (κ3) is 3.97. The summed E-state index contributed by atoms with van der Waals surface area (Å²) in [7, 11) is 0. The molecule has 0 amide bonds. The van der Waals surface area contributed by atoms with Crippen LogP contribution in [0, 0.1) is 0 Å². The molecule has 0 fully saturated rings. The topological polar surface area (TPSA) is 13.1 Å². The zero-order chi connectivity index (χ0) is 36.1. The lowest BCUT2D eigenvalue weighted by Crippen LogP contribution is -1.92. The number of rotatable bonds is 3. The SMILES string of the molecule is [2H]c1c([2H])c([2H])c2c(-c3c4ccccc4c(-c4ccc5c(c4)oc4cc6ccccc6cc45)c4ccccc34)c([2H])c([2H])c(-c3ccccc3)c2c1[2H]. The number of benzene rings is 9. The van der Waals surface area contributed by atoms with Gasteiger partial charge in [-0.05, 0) is 101 Å². The first-order valence-electron chi connectivity index (χ1n) is 18.7. The molecule has 1 heteroatoms. The number of furan rings is 1. The van der Waals surface area contributed by atoms with Crippen molar-refractivity contribution in [1.29, 1.82) is 0 Å². The Kier molecular flexibility index (Phi) is 4.49. The molecule has 218 valence electrons. The second-order valence-electron chi connectivity index (χ2n) is 12.0. The van der Waals surface area contributed by atoms with Gasteiger partial charge in [0.1, 0.15) is 11.2 Å². The van der Waals surface area contributed by atoms with E-state index >= 15 is 0 Å². The lowest BCUT2D eigenvalue weighted by molar-refractivity contribution is 0.669. The standard InChI is InChI=1S/C46H28O/c1-2-12-29(13-3-1)33-24-25-41(35-17-7-6-16-34(33)35)46-39-20-10-8-18-37(39)45(38-19-9-11-21-40(38)46)32-22-23-36-42-26-30-14-4-5-15-31(30)27-44(42)47-43(36)28-32/h1-28H/i6D,7D,16D,17D,24D,25D. The second kappa shape index (κ2) is 10.2. The highest BCUT2D eigenvalue weighted by molar-refractivity contribution is 6.24. The van der Waals surface area contributed by atoms with E-state index in [9.17, 15) is 4.11 Å². The summed E-state index contributed by atoms with van der Waals surface area (Å²) in [6, 6.07) is 42.5. The Bertz CT molecular complexity index is 3130. The van der Waals surface area contributed by atoms with Crippen molar-refractivity contribution < 1.29 is 12.6 Å². The van der Waals surface area contributed by atoms with Crippen molar-refractivity contribution in [2.45, 2.75) is 0 Å². The lowest BCUT2D eigenvalue weighted by atomic mass is 9.83. The van der Waals surface area contributed by atoms with Gasteiger partial charge in [-0.15, -0.1) is 0 Å². The minimum absolute atomic E-state index is 0.0935. The van der Waals surface area contributed by atoms with E-state index in [4.69, 9.17) is 8.53 Å². The summed E-state index contributed by atoms with van der Waals surface area (Å²) in [5.74, 6) is 0. The van der Waals surface area contributed by atoms with Crippen LogP contribution >= 0.6 is 0 Å². The first-order valence-corrected chi connectivity index (χ1v) is 15.7. The summed E-state index contributed by atoms with van der Waals surface area (Å²) in [4.78, 5) is 0. The van der Waals surface area contributed by atoms with Gasteiger partial charge in [0.25, 0.3) is 0 Å². The van der Waals surface area contributed by atoms with Gasteiger partial charge in [-0.2, -0.15) is 0 Å². The minimum Gasteiger partial charge on any atom is -0.456 e. The van der Waals surface area contributed by atoms with E-state index in [0.29, 0.717) is 22.3 Å². The van der Waals surface area contributed by atoms with E-state index in [1.807, 2.05) is 78.9 Å². The molecule has 0 atom stereocenters. The van der Waals surface area contributed by atoms with E-state index in [0.717, 1.165) is 65.4 Å². The minimum atomic E-state index is -0.378. The zero-order valence-electron chi connectivity index (χ0n) is 31.1. The number of hydrogen-bond acceptors (Lipinski definition) is 1. The molecule has 0 unspecified atom stereocenters. The fraction of sp³-hybridized carbons (Fsp3) is 0. The molecule has 10 aromatic rings. The second-order valence-corrected chi connectivity index (χ2v) is 12.0. The van der Waals surface area contributed by atoms with Gasteiger partial charge < -0.3 is 4.42 Å². The Morgan fingerprint density at radius 3 is 1.62 bits per heavy atom. The van der Waals surface area contributed by atoms with Crippen LogP contribution < -0.4 is 0 Å². The molecular formula is C46H28O. The predicted octanol–water partition coefficient (Wildman–Crippen LogP) is 13.2. The Morgan fingerprint density at radius 1 is 0.362 bits per heavy atom. The molecule has 0 N–H and O–H groups in total. The van der Waals surface area contributed by atoms with E-state index in [-0.39, 0.29) is 47.0 Å². The predicted molar refractivity (Wildman–Crippen MR) is 200 cm³/mol. The van der Waals surface area contributed by atoms with E-state index < -0.39 is 0 Å². The van der Waals surface area contributed by atoms with Crippen LogP contribution in [0.25, 0.3) is 98.4 Å². The molecule has 0 aliphatic rings. The molecule has 1 aromatic heterocycles. The van der Waals surface area contributed by atoms with E-state index in [1.54, 1.807) is 0 Å². The van der Waals surface area contributed by atoms with Gasteiger partial charge in [-0.3, -0.25) is 0 Å². The first-order chi connectivity index (χ1) is 25.8. The smallest absolute Gasteiger partial charge is 0.136 e. The third-order valence-corrected chi connectivity index (χ3v) is 9.37. The van der Waals surface area contributed by atoms with Crippen molar-refractivity contribution >= 4 is 65.0 Å². The van der Waals surface area contributed by atoms with Gasteiger partial charge in [0.15, 0.2) is 0 Å². The van der Waals surface area contributed by atoms with Crippen molar-refractivity contribution in [2.24, 2.45) is 0 Å². The average molecular weight is 603 g/mol. The van der Waals surface area contributed by atoms with Crippen molar-refractivity contribution in [3.63, 3.8) is 0 Å². The van der Waals surface area contributed by atoms with Gasteiger partial charge >= 0.3 is 0 Å². The molecule has 0 aliphatic heterocycles. The molecule has 1 nitrogen and oxygen atoms in total. The fourth-order valence-corrected chi connectivity index (χ4v) is 7.27. The molecule has 0 aliphatic carbocycles. The highest BCUT2D eigenvalue weighted by Crippen LogP contribution is 2.47. The van der Waals surface area contributed by atoms with Crippen LogP contribution in [0.1, 0.15) is 8.22 Å². The van der Waals surface area contributed by atoms with Gasteiger partial charge in [0.2, 0.25) is 0 Å². The Balaban J connectivity index is 1.32. The number of hydrogen-bond donors (Lipinski definition) is 0. The van der Waals surface area contributed by atoms with Crippen molar-refractivity contribution in [3.05, 3.63) is 170 Å². The zero-order valence-corrected chi connectivity index (χ0v) is 25.1. The van der Waals surface area contributed by atoms with Gasteiger partial charge in [0.05, 0.1) is 8.22 Å². The van der Waals surface area contributed by atoms with Gasteiger partial charge in [0, 0.05) is 10.8 Å². The molecule has 47 heavy (non-hydrogen) atoms. The van der Waals surface area contributed by atoms with Crippen molar-refractivity contribution in [2.75, 3.05) is 0 Å². The van der Waals surface area contributed by atoms with Crippen LogP contribution in [-0.4, -0.2) is 0 Å². The lowest BCUT2D eigenvalue weighted by Gasteiger charge is -2.19. The van der Waals surface area contributed by atoms with Crippen molar-refractivity contribution in [1.82, 2.24) is 0 Å². The molecule has 0 radical (unpaired) electrons. The quantitative estimate of drug-likeness (QED) is 0.183. The number of fused-ring (bicyclic) bond motifs is 7. The van der Waals surface area contributed by atoms with Crippen LogP contribution in [0.4, 0.5) is 0 Å². The Morgan fingerprint density at radius 2 is 0.915 bits per heavy atom. The first kappa shape index (κ1) is 20.8. The third-order valence-electron chi connectivity index (χ3n) is 9.37. The average Bonchev–Trinajstić information content (AvgIpc) is 3.55. The summed E-state index contributed by atoms with van der Waals surface area (Å²) in [6.45, 7) is 0. The van der Waals surface area contributed by atoms with E-state index in [2.05, 4.69) is 54.6 Å². The van der Waals surface area contributed by atoms with Crippen LogP contribution in [0.3, 0.4) is 0 Å². The molecule has 0 spiro atoms. The Hall–Kier alpha value is -6.18. The van der Waals surface area contributed by atoms with Gasteiger partial charge in [-0.1, -0.05) is 145 Å². The fourth-order valence-electron chi connectivity index (χ4n) is 7.27. The molecule has 10 rings (SSSR count). The maximum atomic E-state index is 9.61. The largest absolute Gasteiger partial charge is 0.456 e. The maximum Gasteiger partial charge on any atom is 0.136 e. The molecule has 9 aromatic carbocycles. The summed E-state index contributed by atoms with van der Waals surface area (Å²) < 4.78 is 61.3. The normalized spacial score (nSPS) is 13.6. The molecule has 0 bridgehead atoms. The highest BCUT2D eigenvalue weighted by Gasteiger charge is 2.20. The maximum absolute atomic E-state index is 9.61. The molecule has 0 saturated carbocycles.